The van der Waals surface area contributed by atoms with Gasteiger partial charge in [0.05, 0.1) is 5.56 Å². The van der Waals surface area contributed by atoms with E-state index in [9.17, 15) is 4.79 Å². The third-order valence-electron chi connectivity index (χ3n) is 2.67. The third kappa shape index (κ3) is 3.48. The second-order valence-electron chi connectivity index (χ2n) is 3.88. The Bertz CT molecular complexity index is 417. The zero-order valence-electron chi connectivity index (χ0n) is 9.29. The Morgan fingerprint density at radius 3 is 2.82 bits per heavy atom. The highest BCUT2D eigenvalue weighted by Crippen LogP contribution is 2.24. The Morgan fingerprint density at radius 1 is 1.24 bits per heavy atom. The number of rotatable bonds is 1. The molecule has 1 aromatic rings. The van der Waals surface area contributed by atoms with Crippen molar-refractivity contribution in [2.45, 2.75) is 6.42 Å². The predicted molar refractivity (Wildman–Crippen MR) is 79.7 cm³/mol. The molecule has 1 aliphatic heterocycles. The molecule has 2 rings (SSSR count). The number of thioether (sulfide) groups is 1. The molecule has 0 spiro atoms. The zero-order valence-corrected chi connectivity index (χ0v) is 13.3. The van der Waals surface area contributed by atoms with Crippen molar-refractivity contribution < 1.29 is 4.79 Å². The molecule has 0 bridgehead atoms. The number of nitrogens with zero attached hydrogens (tertiary/aromatic N) is 1. The molecule has 0 radical (unpaired) electrons. The van der Waals surface area contributed by atoms with Crippen LogP contribution in [0.4, 0.5) is 0 Å². The predicted octanol–water partition coefficient (Wildman–Crippen LogP) is 3.79. The molecule has 1 heterocycles. The lowest BCUT2D eigenvalue weighted by atomic mass is 10.2. The standard InChI is InChI=1S/C12H13Br2NOS/c13-9-2-3-10(11(14)8-9)12(16)15-4-1-6-17-7-5-15/h2-3,8H,1,4-7H2. The Morgan fingerprint density at radius 2 is 2.06 bits per heavy atom. The molecule has 1 fully saturated rings. The van der Waals surface area contributed by atoms with E-state index in [0.717, 1.165) is 45.5 Å². The van der Waals surface area contributed by atoms with Gasteiger partial charge in [-0.05, 0) is 46.3 Å². The van der Waals surface area contributed by atoms with E-state index in [1.807, 2.05) is 34.9 Å². The summed E-state index contributed by atoms with van der Waals surface area (Å²) in [7, 11) is 0. The van der Waals surface area contributed by atoms with Crippen molar-refractivity contribution in [3.05, 3.63) is 32.7 Å². The Hall–Kier alpha value is -0.000000000000000167. The molecule has 1 aromatic carbocycles. The van der Waals surface area contributed by atoms with Gasteiger partial charge in [-0.2, -0.15) is 11.8 Å². The summed E-state index contributed by atoms with van der Waals surface area (Å²) in [5.74, 6) is 2.33. The van der Waals surface area contributed by atoms with E-state index in [1.165, 1.54) is 0 Å². The van der Waals surface area contributed by atoms with Crippen molar-refractivity contribution in [3.8, 4) is 0 Å². The molecule has 1 saturated heterocycles. The zero-order chi connectivity index (χ0) is 12.3. The minimum atomic E-state index is 0.131. The molecule has 17 heavy (non-hydrogen) atoms. The van der Waals surface area contributed by atoms with Crippen molar-refractivity contribution >= 4 is 49.5 Å². The second-order valence-corrected chi connectivity index (χ2v) is 6.88. The molecular formula is C12H13Br2NOS. The maximum absolute atomic E-state index is 12.4. The van der Waals surface area contributed by atoms with Crippen molar-refractivity contribution in [2.75, 3.05) is 24.6 Å². The van der Waals surface area contributed by atoms with Gasteiger partial charge >= 0.3 is 0 Å². The molecule has 0 unspecified atom stereocenters. The number of carbonyl (C=O) groups is 1. The van der Waals surface area contributed by atoms with Crippen LogP contribution in [0.15, 0.2) is 27.1 Å². The van der Waals surface area contributed by atoms with Crippen LogP contribution in [0.25, 0.3) is 0 Å². The number of hydrogen-bond donors (Lipinski definition) is 0. The maximum atomic E-state index is 12.4. The summed E-state index contributed by atoms with van der Waals surface area (Å²) in [5, 5.41) is 0. The van der Waals surface area contributed by atoms with Gasteiger partial charge in [0.2, 0.25) is 0 Å². The lowest BCUT2D eigenvalue weighted by Crippen LogP contribution is -2.33. The molecule has 1 aliphatic rings. The Balaban J connectivity index is 2.17. The van der Waals surface area contributed by atoms with Crippen LogP contribution in [0.5, 0.6) is 0 Å². The van der Waals surface area contributed by atoms with Crippen LogP contribution in [-0.2, 0) is 0 Å². The fourth-order valence-electron chi connectivity index (χ4n) is 1.78. The first kappa shape index (κ1) is 13.4. The maximum Gasteiger partial charge on any atom is 0.255 e. The quantitative estimate of drug-likeness (QED) is 0.740. The first-order chi connectivity index (χ1) is 8.18. The van der Waals surface area contributed by atoms with Crippen molar-refractivity contribution in [2.24, 2.45) is 0 Å². The van der Waals surface area contributed by atoms with Gasteiger partial charge in [-0.1, -0.05) is 15.9 Å². The smallest absolute Gasteiger partial charge is 0.255 e. The van der Waals surface area contributed by atoms with E-state index in [2.05, 4.69) is 31.9 Å². The molecular weight excluding hydrogens is 366 g/mol. The van der Waals surface area contributed by atoms with Gasteiger partial charge < -0.3 is 4.90 Å². The van der Waals surface area contributed by atoms with Crippen LogP contribution in [0, 0.1) is 0 Å². The highest BCUT2D eigenvalue weighted by Gasteiger charge is 2.19. The summed E-state index contributed by atoms with van der Waals surface area (Å²) in [5.41, 5.74) is 0.750. The van der Waals surface area contributed by atoms with Crippen LogP contribution >= 0.6 is 43.6 Å². The average Bonchev–Trinajstić information content (AvgIpc) is 2.56. The molecule has 2 nitrogen and oxygen atoms in total. The molecule has 0 N–H and O–H groups in total. The number of hydrogen-bond acceptors (Lipinski definition) is 2. The van der Waals surface area contributed by atoms with E-state index >= 15 is 0 Å². The van der Waals surface area contributed by atoms with Gasteiger partial charge in [0.1, 0.15) is 0 Å². The van der Waals surface area contributed by atoms with Crippen LogP contribution in [0.3, 0.4) is 0 Å². The fourth-order valence-corrected chi connectivity index (χ4v) is 3.89. The average molecular weight is 379 g/mol. The molecule has 5 heteroatoms. The molecule has 0 saturated carbocycles. The summed E-state index contributed by atoms with van der Waals surface area (Å²) in [4.78, 5) is 14.3. The molecule has 1 amide bonds. The lowest BCUT2D eigenvalue weighted by molar-refractivity contribution is 0.0767. The van der Waals surface area contributed by atoms with Gasteiger partial charge in [0.25, 0.3) is 5.91 Å². The fraction of sp³-hybridized carbons (Fsp3) is 0.417. The van der Waals surface area contributed by atoms with Crippen LogP contribution in [0.1, 0.15) is 16.8 Å². The van der Waals surface area contributed by atoms with E-state index < -0.39 is 0 Å². The largest absolute Gasteiger partial charge is 0.338 e. The summed E-state index contributed by atoms with van der Waals surface area (Å²) in [6.07, 6.45) is 1.09. The summed E-state index contributed by atoms with van der Waals surface area (Å²) in [6, 6.07) is 5.69. The van der Waals surface area contributed by atoms with Gasteiger partial charge in [-0.25, -0.2) is 0 Å². The molecule has 0 aliphatic carbocycles. The van der Waals surface area contributed by atoms with Crippen LogP contribution in [-0.4, -0.2) is 35.4 Å². The normalized spacial score (nSPS) is 16.7. The molecule has 92 valence electrons. The van der Waals surface area contributed by atoms with Crippen LogP contribution in [0.2, 0.25) is 0 Å². The van der Waals surface area contributed by atoms with Crippen LogP contribution < -0.4 is 0 Å². The van der Waals surface area contributed by atoms with E-state index in [4.69, 9.17) is 0 Å². The summed E-state index contributed by atoms with van der Waals surface area (Å²) < 4.78 is 1.83. The Kier molecular flexibility index (Phi) is 4.94. The molecule has 0 aromatic heterocycles. The summed E-state index contributed by atoms with van der Waals surface area (Å²) in [6.45, 7) is 1.72. The number of carbonyl (C=O) groups excluding carboxylic acids is 1. The number of amides is 1. The third-order valence-corrected chi connectivity index (χ3v) is 4.87. The first-order valence-corrected chi connectivity index (χ1v) is 8.24. The van der Waals surface area contributed by atoms with E-state index in [1.54, 1.807) is 0 Å². The molecule has 0 atom stereocenters. The van der Waals surface area contributed by atoms with Crippen molar-refractivity contribution in [1.82, 2.24) is 4.90 Å². The van der Waals surface area contributed by atoms with Gasteiger partial charge in [0, 0.05) is 27.8 Å². The minimum Gasteiger partial charge on any atom is -0.338 e. The van der Waals surface area contributed by atoms with Crippen molar-refractivity contribution in [3.63, 3.8) is 0 Å². The highest BCUT2D eigenvalue weighted by atomic mass is 79.9. The lowest BCUT2D eigenvalue weighted by Gasteiger charge is -2.20. The van der Waals surface area contributed by atoms with Gasteiger partial charge in [0.15, 0.2) is 0 Å². The summed E-state index contributed by atoms with van der Waals surface area (Å²) >= 11 is 8.77. The number of halogens is 2. The SMILES string of the molecule is O=C(c1ccc(Br)cc1Br)N1CCCSCC1. The topological polar surface area (TPSA) is 20.3 Å². The van der Waals surface area contributed by atoms with Crippen molar-refractivity contribution in [1.29, 1.82) is 0 Å². The second kappa shape index (κ2) is 6.25. The first-order valence-electron chi connectivity index (χ1n) is 5.50. The number of benzene rings is 1. The minimum absolute atomic E-state index is 0.131. The highest BCUT2D eigenvalue weighted by molar-refractivity contribution is 9.11. The van der Waals surface area contributed by atoms with E-state index in [-0.39, 0.29) is 5.91 Å². The van der Waals surface area contributed by atoms with Gasteiger partial charge in [-0.15, -0.1) is 0 Å². The monoisotopic (exact) mass is 377 g/mol. The van der Waals surface area contributed by atoms with Gasteiger partial charge in [-0.3, -0.25) is 4.79 Å². The Labute approximate surface area is 122 Å². The van der Waals surface area contributed by atoms with E-state index in [0.29, 0.717) is 0 Å².